The molecule has 0 saturated carbocycles. The van der Waals surface area contributed by atoms with Crippen LogP contribution in [0.25, 0.3) is 0 Å². The Hall–Kier alpha value is 0.230. The third kappa shape index (κ3) is 15.0. The van der Waals surface area contributed by atoms with E-state index in [9.17, 15) is 8.42 Å². The fraction of sp³-hybridized carbons (Fsp3) is 0.700. The van der Waals surface area contributed by atoms with Gasteiger partial charge in [0.05, 0.1) is 5.75 Å². The maximum absolute atomic E-state index is 11.9. The summed E-state index contributed by atoms with van der Waals surface area (Å²) >= 11 is 0. The van der Waals surface area contributed by atoms with E-state index in [4.69, 9.17) is 4.18 Å². The predicted octanol–water partition coefficient (Wildman–Crippen LogP) is 5.18. The molecule has 0 aliphatic carbocycles. The summed E-state index contributed by atoms with van der Waals surface area (Å²) in [4.78, 5) is 0. The van der Waals surface area contributed by atoms with Gasteiger partial charge in [0, 0.05) is 0 Å². The van der Waals surface area contributed by atoms with Crippen LogP contribution in [0.3, 0.4) is 0 Å². The number of hydrogen-bond donors (Lipinski definition) is 0. The first-order chi connectivity index (χ1) is 11.6. The number of para-hydroxylation sites is 1. The predicted molar refractivity (Wildman–Crippen MR) is 110 cm³/mol. The minimum atomic E-state index is -3.45. The van der Waals surface area contributed by atoms with Crippen LogP contribution in [0, 0.1) is 0 Å². The summed E-state index contributed by atoms with van der Waals surface area (Å²) in [5.41, 5.74) is 0. The Bertz CT molecular complexity index is 503. The Morgan fingerprint density at radius 2 is 1.16 bits per heavy atom. The molecule has 0 saturated heterocycles. The Morgan fingerprint density at radius 1 is 0.720 bits per heavy atom. The second-order valence-electron chi connectivity index (χ2n) is 6.55. The molecule has 0 amide bonds. The summed E-state index contributed by atoms with van der Waals surface area (Å²) in [6.07, 6.45) is 14.8. The Kier molecular flexibility index (Phi) is 16.6. The van der Waals surface area contributed by atoms with Crippen LogP contribution in [-0.2, 0) is 10.1 Å². The molecule has 0 heterocycles. The van der Waals surface area contributed by atoms with Crippen molar-refractivity contribution in [2.75, 3.05) is 5.75 Å². The molecule has 0 fully saturated rings. The quantitative estimate of drug-likeness (QED) is 0.233. The Balaban J connectivity index is 0.00000576. The average Bonchev–Trinajstić information content (AvgIpc) is 2.56. The molecule has 0 aliphatic heterocycles. The van der Waals surface area contributed by atoms with Crippen LogP contribution in [0.4, 0.5) is 0 Å². The van der Waals surface area contributed by atoms with Gasteiger partial charge in [-0.25, -0.2) is 0 Å². The van der Waals surface area contributed by atoms with E-state index in [1.165, 1.54) is 57.8 Å². The van der Waals surface area contributed by atoms with Crippen molar-refractivity contribution < 1.29 is 12.6 Å². The third-order valence-corrected chi connectivity index (χ3v) is 5.45. The fourth-order valence-corrected chi connectivity index (χ4v) is 3.83. The number of hydrogen-bond acceptors (Lipinski definition) is 3. The van der Waals surface area contributed by atoms with E-state index >= 15 is 0 Å². The van der Waals surface area contributed by atoms with Gasteiger partial charge in [0.1, 0.15) is 5.75 Å². The van der Waals surface area contributed by atoms with Gasteiger partial charge >= 0.3 is 47.9 Å². The first-order valence-electron chi connectivity index (χ1n) is 9.61. The molecule has 1 rings (SSSR count). The SMILES string of the molecule is CCCCCCCCCCCCCCS(=O)(=O)Oc1ccccc1.[CaH2]. The van der Waals surface area contributed by atoms with Crippen molar-refractivity contribution in [1.82, 2.24) is 0 Å². The first-order valence-corrected chi connectivity index (χ1v) is 11.2. The molecule has 1 aromatic rings. The summed E-state index contributed by atoms with van der Waals surface area (Å²) in [6, 6.07) is 8.72. The maximum atomic E-state index is 11.9. The van der Waals surface area contributed by atoms with Gasteiger partial charge in [0.2, 0.25) is 0 Å². The Morgan fingerprint density at radius 3 is 1.64 bits per heavy atom. The molecule has 25 heavy (non-hydrogen) atoms. The topological polar surface area (TPSA) is 43.4 Å². The average molecular weight is 397 g/mol. The molecular formula is C20H36CaO3S. The van der Waals surface area contributed by atoms with Crippen LogP contribution in [0.5, 0.6) is 5.75 Å². The normalized spacial score (nSPS) is 11.1. The van der Waals surface area contributed by atoms with E-state index in [0.29, 0.717) is 12.2 Å². The van der Waals surface area contributed by atoms with E-state index in [1.807, 2.05) is 6.07 Å². The van der Waals surface area contributed by atoms with Crippen LogP contribution in [0.2, 0.25) is 0 Å². The van der Waals surface area contributed by atoms with Crippen molar-refractivity contribution in [3.8, 4) is 5.75 Å². The molecule has 0 aromatic heterocycles. The molecule has 0 bridgehead atoms. The molecule has 0 N–H and O–H groups in total. The zero-order valence-corrected chi connectivity index (χ0v) is 16.0. The summed E-state index contributed by atoms with van der Waals surface area (Å²) < 4.78 is 28.8. The summed E-state index contributed by atoms with van der Waals surface area (Å²) in [7, 11) is -3.45. The van der Waals surface area contributed by atoms with Crippen LogP contribution >= 0.6 is 0 Å². The summed E-state index contributed by atoms with van der Waals surface area (Å²) in [5, 5.41) is 0. The molecule has 3 nitrogen and oxygen atoms in total. The molecule has 142 valence electrons. The van der Waals surface area contributed by atoms with Crippen molar-refractivity contribution in [1.29, 1.82) is 0 Å². The van der Waals surface area contributed by atoms with Gasteiger partial charge in [-0.3, -0.25) is 0 Å². The van der Waals surface area contributed by atoms with Gasteiger partial charge in [0.15, 0.2) is 0 Å². The number of rotatable bonds is 15. The van der Waals surface area contributed by atoms with E-state index in [1.54, 1.807) is 24.3 Å². The zero-order chi connectivity index (χ0) is 17.5. The van der Waals surface area contributed by atoms with Gasteiger partial charge < -0.3 is 4.18 Å². The monoisotopic (exact) mass is 396 g/mol. The van der Waals surface area contributed by atoms with Gasteiger partial charge in [-0.15, -0.1) is 0 Å². The van der Waals surface area contributed by atoms with Crippen molar-refractivity contribution >= 4 is 47.9 Å². The molecule has 0 aliphatic rings. The second kappa shape index (κ2) is 16.4. The molecule has 0 spiro atoms. The van der Waals surface area contributed by atoms with Crippen LogP contribution < -0.4 is 4.18 Å². The van der Waals surface area contributed by atoms with Crippen molar-refractivity contribution in [3.05, 3.63) is 30.3 Å². The van der Waals surface area contributed by atoms with Crippen molar-refractivity contribution in [3.63, 3.8) is 0 Å². The van der Waals surface area contributed by atoms with E-state index in [2.05, 4.69) is 6.92 Å². The molecule has 5 heteroatoms. The summed E-state index contributed by atoms with van der Waals surface area (Å²) in [5.74, 6) is 0.510. The Labute approximate surface area is 185 Å². The molecule has 0 unspecified atom stereocenters. The minimum absolute atomic E-state index is 0. The second-order valence-corrected chi connectivity index (χ2v) is 8.24. The number of benzene rings is 1. The number of unbranched alkanes of at least 4 members (excludes halogenated alkanes) is 11. The van der Waals surface area contributed by atoms with Gasteiger partial charge in [-0.1, -0.05) is 95.8 Å². The fourth-order valence-electron chi connectivity index (χ4n) is 2.78. The van der Waals surface area contributed by atoms with Gasteiger partial charge in [-0.2, -0.15) is 8.42 Å². The molecule has 0 atom stereocenters. The first kappa shape index (κ1) is 25.2. The summed E-state index contributed by atoms with van der Waals surface area (Å²) in [6.45, 7) is 2.25. The molecule has 0 radical (unpaired) electrons. The zero-order valence-electron chi connectivity index (χ0n) is 15.2. The van der Waals surface area contributed by atoms with Crippen molar-refractivity contribution in [2.24, 2.45) is 0 Å². The van der Waals surface area contributed by atoms with Gasteiger partial charge in [0.25, 0.3) is 0 Å². The van der Waals surface area contributed by atoms with E-state index in [-0.39, 0.29) is 43.5 Å². The third-order valence-electron chi connectivity index (χ3n) is 4.21. The van der Waals surface area contributed by atoms with E-state index < -0.39 is 10.1 Å². The molecular weight excluding hydrogens is 360 g/mol. The van der Waals surface area contributed by atoms with Crippen LogP contribution in [-0.4, -0.2) is 51.9 Å². The van der Waals surface area contributed by atoms with E-state index in [0.717, 1.165) is 12.8 Å². The van der Waals surface area contributed by atoms with Crippen LogP contribution in [0.1, 0.15) is 84.0 Å². The standard InChI is InChI=1S/C20H34O3S.Ca.2H/c1-2-3-4-5-6-7-8-9-10-11-12-16-19-24(21,22)23-20-17-14-13-15-18-20;;;/h13-15,17-18H,2-12,16,19H2,1H3;;;. The van der Waals surface area contributed by atoms with Gasteiger partial charge in [-0.05, 0) is 18.6 Å². The molecule has 1 aromatic carbocycles. The van der Waals surface area contributed by atoms with Crippen LogP contribution in [0.15, 0.2) is 30.3 Å². The van der Waals surface area contributed by atoms with Crippen molar-refractivity contribution in [2.45, 2.75) is 84.0 Å².